The Labute approximate surface area is 131 Å². The lowest BCUT2D eigenvalue weighted by atomic mass is 10.1. The van der Waals surface area contributed by atoms with Crippen molar-refractivity contribution < 1.29 is 13.2 Å². The third kappa shape index (κ3) is 4.66. The molecular formula is C14H21ClN2O3S. The highest BCUT2D eigenvalue weighted by molar-refractivity contribution is 7.87. The molecule has 2 rings (SSSR count). The number of nitrogens with one attached hydrogen (secondary N) is 1. The summed E-state index contributed by atoms with van der Waals surface area (Å²) in [4.78, 5) is 0. The summed E-state index contributed by atoms with van der Waals surface area (Å²) in [6, 6.07) is 7.10. The van der Waals surface area contributed by atoms with Crippen molar-refractivity contribution >= 4 is 21.8 Å². The molecule has 0 aromatic heterocycles. The van der Waals surface area contributed by atoms with E-state index >= 15 is 0 Å². The summed E-state index contributed by atoms with van der Waals surface area (Å²) in [6.45, 7) is 4.98. The molecule has 1 N–H and O–H groups in total. The molecular weight excluding hydrogens is 312 g/mol. The van der Waals surface area contributed by atoms with E-state index in [4.69, 9.17) is 16.3 Å². The third-order valence-electron chi connectivity index (χ3n) is 3.42. The molecule has 21 heavy (non-hydrogen) atoms. The maximum atomic E-state index is 12.4. The lowest BCUT2D eigenvalue weighted by Crippen LogP contribution is -2.53. The van der Waals surface area contributed by atoms with E-state index in [-0.39, 0.29) is 12.1 Å². The minimum Gasteiger partial charge on any atom is -0.378 e. The van der Waals surface area contributed by atoms with Crippen molar-refractivity contribution in [3.63, 3.8) is 0 Å². The van der Waals surface area contributed by atoms with Crippen molar-refractivity contribution in [1.29, 1.82) is 0 Å². The Morgan fingerprint density at radius 2 is 2.10 bits per heavy atom. The van der Waals surface area contributed by atoms with E-state index in [2.05, 4.69) is 4.72 Å². The number of nitrogens with zero attached hydrogens (tertiary/aromatic N) is 1. The molecule has 0 radical (unpaired) electrons. The number of morpholine rings is 1. The van der Waals surface area contributed by atoms with Gasteiger partial charge in [-0.1, -0.05) is 23.7 Å². The zero-order valence-corrected chi connectivity index (χ0v) is 13.8. The molecule has 0 spiro atoms. The quantitative estimate of drug-likeness (QED) is 0.895. The van der Waals surface area contributed by atoms with Gasteiger partial charge in [-0.15, -0.1) is 0 Å². The van der Waals surface area contributed by atoms with Crippen LogP contribution in [-0.2, 0) is 21.4 Å². The van der Waals surface area contributed by atoms with E-state index in [1.165, 1.54) is 4.31 Å². The summed E-state index contributed by atoms with van der Waals surface area (Å²) in [6.07, 6.45) is 0.620. The fourth-order valence-electron chi connectivity index (χ4n) is 2.41. The zero-order chi connectivity index (χ0) is 15.5. The van der Waals surface area contributed by atoms with Crippen LogP contribution in [0.15, 0.2) is 24.3 Å². The SMILES string of the molecule is C[C@@H](Cc1ccc(Cl)cc1)NS(=O)(=O)N1CCOC[C@@H]1C. The summed E-state index contributed by atoms with van der Waals surface area (Å²) in [5.41, 5.74) is 1.05. The Hall–Kier alpha value is -0.660. The fourth-order valence-corrected chi connectivity index (χ4v) is 4.11. The summed E-state index contributed by atoms with van der Waals surface area (Å²) < 4.78 is 34.2. The van der Waals surface area contributed by atoms with Gasteiger partial charge in [-0.25, -0.2) is 0 Å². The van der Waals surface area contributed by atoms with Gasteiger partial charge in [0.05, 0.1) is 13.2 Å². The number of ether oxygens (including phenoxy) is 1. The third-order valence-corrected chi connectivity index (χ3v) is 5.53. The van der Waals surface area contributed by atoms with E-state index in [1.54, 1.807) is 0 Å². The van der Waals surface area contributed by atoms with Gasteiger partial charge in [0.2, 0.25) is 0 Å². The smallest absolute Gasteiger partial charge is 0.280 e. The molecule has 0 bridgehead atoms. The Morgan fingerprint density at radius 1 is 1.43 bits per heavy atom. The maximum absolute atomic E-state index is 12.4. The first-order valence-corrected chi connectivity index (χ1v) is 8.81. The van der Waals surface area contributed by atoms with E-state index in [9.17, 15) is 8.42 Å². The van der Waals surface area contributed by atoms with Crippen molar-refractivity contribution in [2.75, 3.05) is 19.8 Å². The van der Waals surface area contributed by atoms with Crippen molar-refractivity contribution in [3.05, 3.63) is 34.9 Å². The predicted molar refractivity (Wildman–Crippen MR) is 83.7 cm³/mol. The van der Waals surface area contributed by atoms with Crippen LogP contribution in [0.25, 0.3) is 0 Å². The van der Waals surface area contributed by atoms with Crippen LogP contribution in [0.3, 0.4) is 0 Å². The van der Waals surface area contributed by atoms with Crippen LogP contribution < -0.4 is 4.72 Å². The number of benzene rings is 1. The van der Waals surface area contributed by atoms with Gasteiger partial charge in [0, 0.05) is 23.7 Å². The first kappa shape index (κ1) is 16.7. The van der Waals surface area contributed by atoms with Crippen molar-refractivity contribution in [1.82, 2.24) is 9.03 Å². The summed E-state index contributed by atoms with van der Waals surface area (Å²) >= 11 is 5.84. The number of hydrogen-bond acceptors (Lipinski definition) is 3. The molecule has 0 saturated carbocycles. The van der Waals surface area contributed by atoms with Crippen LogP contribution in [-0.4, -0.2) is 44.6 Å². The standard InChI is InChI=1S/C14H21ClN2O3S/c1-11(9-13-3-5-14(15)6-4-13)16-21(18,19)17-7-8-20-10-12(17)2/h3-6,11-12,16H,7-10H2,1-2H3/t11-,12-/m0/s1. The van der Waals surface area contributed by atoms with Gasteiger partial charge in [0.15, 0.2) is 0 Å². The number of halogens is 1. The van der Waals surface area contributed by atoms with Crippen LogP contribution in [0.5, 0.6) is 0 Å². The van der Waals surface area contributed by atoms with Crippen molar-refractivity contribution in [3.8, 4) is 0 Å². The lowest BCUT2D eigenvalue weighted by molar-refractivity contribution is 0.0385. The average molecular weight is 333 g/mol. The second-order valence-corrected chi connectivity index (χ2v) is 7.48. The van der Waals surface area contributed by atoms with E-state index < -0.39 is 10.2 Å². The van der Waals surface area contributed by atoms with Crippen LogP contribution in [0.4, 0.5) is 0 Å². The minimum atomic E-state index is -3.48. The number of hydrogen-bond donors (Lipinski definition) is 1. The van der Waals surface area contributed by atoms with Gasteiger partial charge in [0.1, 0.15) is 0 Å². The summed E-state index contributed by atoms with van der Waals surface area (Å²) in [5.74, 6) is 0. The molecule has 1 aliphatic rings. The van der Waals surface area contributed by atoms with E-state index in [0.717, 1.165) is 5.56 Å². The van der Waals surface area contributed by atoms with Crippen molar-refractivity contribution in [2.24, 2.45) is 0 Å². The fraction of sp³-hybridized carbons (Fsp3) is 0.571. The molecule has 0 unspecified atom stereocenters. The molecule has 0 aliphatic carbocycles. The van der Waals surface area contributed by atoms with Gasteiger partial charge in [-0.05, 0) is 38.0 Å². The molecule has 1 saturated heterocycles. The Morgan fingerprint density at radius 3 is 2.71 bits per heavy atom. The normalized spacial score (nSPS) is 22.1. The molecule has 1 aromatic rings. The molecule has 1 heterocycles. The highest BCUT2D eigenvalue weighted by Crippen LogP contribution is 2.14. The Balaban J connectivity index is 1.97. The highest BCUT2D eigenvalue weighted by atomic mass is 35.5. The second kappa shape index (κ2) is 7.07. The Bertz CT molecular complexity index is 562. The first-order chi connectivity index (χ1) is 9.88. The molecule has 1 fully saturated rings. The van der Waals surface area contributed by atoms with Crippen LogP contribution in [0.1, 0.15) is 19.4 Å². The molecule has 1 aliphatic heterocycles. The van der Waals surface area contributed by atoms with Gasteiger partial charge in [-0.2, -0.15) is 17.4 Å². The highest BCUT2D eigenvalue weighted by Gasteiger charge is 2.30. The van der Waals surface area contributed by atoms with Gasteiger partial charge < -0.3 is 4.74 Å². The van der Waals surface area contributed by atoms with Gasteiger partial charge in [0.25, 0.3) is 10.2 Å². The molecule has 7 heteroatoms. The Kier molecular flexibility index (Phi) is 5.62. The van der Waals surface area contributed by atoms with Crippen LogP contribution in [0, 0.1) is 0 Å². The number of rotatable bonds is 5. The van der Waals surface area contributed by atoms with E-state index in [1.807, 2.05) is 38.1 Å². The van der Waals surface area contributed by atoms with Crippen LogP contribution >= 0.6 is 11.6 Å². The molecule has 118 valence electrons. The topological polar surface area (TPSA) is 58.6 Å². The van der Waals surface area contributed by atoms with Crippen LogP contribution in [0.2, 0.25) is 5.02 Å². The van der Waals surface area contributed by atoms with Crippen molar-refractivity contribution in [2.45, 2.75) is 32.4 Å². The summed E-state index contributed by atoms with van der Waals surface area (Å²) in [7, 11) is -3.48. The zero-order valence-electron chi connectivity index (χ0n) is 12.3. The molecule has 2 atom stereocenters. The second-order valence-electron chi connectivity index (χ2n) is 5.39. The molecule has 5 nitrogen and oxygen atoms in total. The predicted octanol–water partition coefficient (Wildman–Crippen LogP) is 1.83. The molecule has 1 aromatic carbocycles. The molecule has 0 amide bonds. The lowest BCUT2D eigenvalue weighted by Gasteiger charge is -2.33. The average Bonchev–Trinajstić information content (AvgIpc) is 2.41. The minimum absolute atomic E-state index is 0.140. The maximum Gasteiger partial charge on any atom is 0.280 e. The largest absolute Gasteiger partial charge is 0.378 e. The monoisotopic (exact) mass is 332 g/mol. The van der Waals surface area contributed by atoms with E-state index in [0.29, 0.717) is 31.2 Å². The van der Waals surface area contributed by atoms with Gasteiger partial charge >= 0.3 is 0 Å². The summed E-state index contributed by atoms with van der Waals surface area (Å²) in [5, 5.41) is 0.675. The van der Waals surface area contributed by atoms with Gasteiger partial charge in [-0.3, -0.25) is 0 Å². The first-order valence-electron chi connectivity index (χ1n) is 7.00.